The quantitative estimate of drug-likeness (QED) is 0.359. The fourth-order valence-corrected chi connectivity index (χ4v) is 4.05. The Kier molecular flexibility index (Phi) is 6.34. The lowest BCUT2D eigenvalue weighted by Gasteiger charge is -2.33. The van der Waals surface area contributed by atoms with Gasteiger partial charge in [0.05, 0.1) is 24.1 Å². The fraction of sp³-hybridized carbons (Fsp3) is 0.208. The molecule has 1 aromatic carbocycles. The highest BCUT2D eigenvalue weighted by atomic mass is 19.4. The number of hydrogen-bond donors (Lipinski definition) is 5. The number of carbonyl (C=O) groups excluding carboxylic acids is 2. The first kappa shape index (κ1) is 24.0. The van der Waals surface area contributed by atoms with Gasteiger partial charge < -0.3 is 20.9 Å². The zero-order valence-electron chi connectivity index (χ0n) is 19.4. The van der Waals surface area contributed by atoms with Crippen LogP contribution in [0.2, 0.25) is 0 Å². The lowest BCUT2D eigenvalue weighted by Crippen LogP contribution is -2.51. The Morgan fingerprint density at radius 1 is 1.11 bits per heavy atom. The number of alkyl halides is 3. The number of rotatable bonds is 5. The zero-order valence-corrected chi connectivity index (χ0v) is 19.4. The number of nitrogens with zero attached hydrogens (tertiary/aromatic N) is 3. The molecule has 0 unspecified atom stereocenters. The van der Waals surface area contributed by atoms with Crippen LogP contribution in [0.4, 0.5) is 23.7 Å². The van der Waals surface area contributed by atoms with Crippen LogP contribution in [0.25, 0.3) is 22.6 Å². The summed E-state index contributed by atoms with van der Waals surface area (Å²) in [6.07, 6.45) is 2.89. The normalized spacial score (nSPS) is 15.8. The van der Waals surface area contributed by atoms with E-state index in [0.717, 1.165) is 28.3 Å². The van der Waals surface area contributed by atoms with Crippen LogP contribution in [-0.2, 0) is 4.79 Å². The molecule has 3 amide bonds. The number of carbonyl (C=O) groups is 2. The summed E-state index contributed by atoms with van der Waals surface area (Å²) in [6.45, 7) is 0.188. The number of urea groups is 1. The molecule has 3 aromatic rings. The molecular formula is C24H23F3N8O2. The van der Waals surface area contributed by atoms with Crippen LogP contribution < -0.4 is 26.8 Å². The van der Waals surface area contributed by atoms with Gasteiger partial charge in [0.2, 0.25) is 5.91 Å². The predicted octanol–water partition coefficient (Wildman–Crippen LogP) is 2.41. The molecular weight excluding hydrogens is 489 g/mol. The number of nitrogens with one attached hydrogen (secondary N) is 5. The molecule has 192 valence electrons. The SMILES string of the molecule is O=C1CN(C2=CC=C(c3ccn4c(-c5cccc(NC(=O)NCC(F)(F)F)c5)cnc4c3)NN2)CCN1. The number of anilines is 1. The second kappa shape index (κ2) is 9.76. The van der Waals surface area contributed by atoms with Crippen LogP contribution in [0.3, 0.4) is 0 Å². The highest BCUT2D eigenvalue weighted by Gasteiger charge is 2.27. The molecule has 5 rings (SSSR count). The van der Waals surface area contributed by atoms with Crippen molar-refractivity contribution >= 4 is 29.0 Å². The minimum atomic E-state index is -4.49. The van der Waals surface area contributed by atoms with Crippen molar-refractivity contribution in [2.24, 2.45) is 0 Å². The van der Waals surface area contributed by atoms with E-state index in [1.165, 1.54) is 0 Å². The van der Waals surface area contributed by atoms with Crippen LogP contribution in [0.1, 0.15) is 5.56 Å². The van der Waals surface area contributed by atoms with Gasteiger partial charge in [-0.15, -0.1) is 0 Å². The zero-order chi connectivity index (χ0) is 26.0. The number of imidazole rings is 1. The highest BCUT2D eigenvalue weighted by molar-refractivity contribution is 5.90. The molecule has 0 bridgehead atoms. The van der Waals surface area contributed by atoms with E-state index in [9.17, 15) is 22.8 Å². The van der Waals surface area contributed by atoms with E-state index >= 15 is 0 Å². The number of hydrazine groups is 1. The Balaban J connectivity index is 1.31. The molecule has 0 spiro atoms. The first-order valence-electron chi connectivity index (χ1n) is 11.4. The van der Waals surface area contributed by atoms with Gasteiger partial charge in [0.25, 0.3) is 0 Å². The topological polar surface area (TPSA) is 115 Å². The molecule has 0 saturated carbocycles. The maximum Gasteiger partial charge on any atom is 0.405 e. The van der Waals surface area contributed by atoms with Crippen molar-refractivity contribution in [3.05, 3.63) is 72.3 Å². The lowest BCUT2D eigenvalue weighted by molar-refractivity contribution is -0.124. The average molecular weight is 512 g/mol. The lowest BCUT2D eigenvalue weighted by atomic mass is 10.1. The Bertz CT molecular complexity index is 1410. The molecule has 5 N–H and O–H groups in total. The number of aromatic nitrogens is 2. The van der Waals surface area contributed by atoms with Crippen molar-refractivity contribution < 1.29 is 22.8 Å². The van der Waals surface area contributed by atoms with Gasteiger partial charge in [0.15, 0.2) is 0 Å². The third kappa shape index (κ3) is 5.60. The molecule has 2 aliphatic heterocycles. The maximum absolute atomic E-state index is 12.3. The minimum absolute atomic E-state index is 0.0182. The first-order valence-corrected chi connectivity index (χ1v) is 11.4. The van der Waals surface area contributed by atoms with Gasteiger partial charge in [0.1, 0.15) is 18.0 Å². The van der Waals surface area contributed by atoms with Crippen LogP contribution in [0.5, 0.6) is 0 Å². The van der Waals surface area contributed by atoms with Crippen LogP contribution in [-0.4, -0.2) is 58.6 Å². The number of benzene rings is 1. The summed E-state index contributed by atoms with van der Waals surface area (Å²) < 4.78 is 38.9. The number of halogens is 3. The highest BCUT2D eigenvalue weighted by Crippen LogP contribution is 2.26. The van der Waals surface area contributed by atoms with E-state index < -0.39 is 18.8 Å². The summed E-state index contributed by atoms with van der Waals surface area (Å²) in [7, 11) is 0. The van der Waals surface area contributed by atoms with Gasteiger partial charge in [-0.25, -0.2) is 9.78 Å². The fourth-order valence-electron chi connectivity index (χ4n) is 4.05. The van der Waals surface area contributed by atoms with E-state index in [2.05, 4.69) is 26.5 Å². The maximum atomic E-state index is 12.3. The number of piperazine rings is 1. The van der Waals surface area contributed by atoms with E-state index in [1.54, 1.807) is 29.7 Å². The number of amides is 3. The van der Waals surface area contributed by atoms with Gasteiger partial charge in [0, 0.05) is 36.1 Å². The number of pyridine rings is 1. The van der Waals surface area contributed by atoms with Crippen molar-refractivity contribution in [3.8, 4) is 11.3 Å². The van der Waals surface area contributed by atoms with Gasteiger partial charge in [-0.05, 0) is 36.4 Å². The third-order valence-corrected chi connectivity index (χ3v) is 5.80. The largest absolute Gasteiger partial charge is 0.405 e. The van der Waals surface area contributed by atoms with Crippen molar-refractivity contribution in [1.82, 2.24) is 35.8 Å². The molecule has 0 radical (unpaired) electrons. The van der Waals surface area contributed by atoms with E-state index in [0.29, 0.717) is 31.0 Å². The Morgan fingerprint density at radius 3 is 2.73 bits per heavy atom. The third-order valence-electron chi connectivity index (χ3n) is 5.80. The van der Waals surface area contributed by atoms with Gasteiger partial charge in [-0.2, -0.15) is 13.2 Å². The van der Waals surface area contributed by atoms with Crippen molar-refractivity contribution in [2.45, 2.75) is 6.18 Å². The van der Waals surface area contributed by atoms with Gasteiger partial charge in [-0.3, -0.25) is 20.0 Å². The number of allylic oxidation sites excluding steroid dienone is 2. The summed E-state index contributed by atoms with van der Waals surface area (Å²) in [5, 5.41) is 6.99. The van der Waals surface area contributed by atoms with Crippen molar-refractivity contribution in [2.75, 3.05) is 31.5 Å². The van der Waals surface area contributed by atoms with Crippen LogP contribution >= 0.6 is 0 Å². The molecule has 2 aliphatic rings. The van der Waals surface area contributed by atoms with Crippen molar-refractivity contribution in [1.29, 1.82) is 0 Å². The number of hydrogen-bond acceptors (Lipinski definition) is 6. The van der Waals surface area contributed by atoms with Crippen molar-refractivity contribution in [3.63, 3.8) is 0 Å². The molecule has 13 heteroatoms. The minimum Gasteiger partial charge on any atom is -0.353 e. The summed E-state index contributed by atoms with van der Waals surface area (Å²) in [4.78, 5) is 29.9. The van der Waals surface area contributed by atoms with Crippen LogP contribution in [0, 0.1) is 0 Å². The Hall–Kier alpha value is -4.68. The predicted molar refractivity (Wildman–Crippen MR) is 131 cm³/mol. The molecule has 1 saturated heterocycles. The summed E-state index contributed by atoms with van der Waals surface area (Å²) in [5.74, 6) is 0.790. The van der Waals surface area contributed by atoms with E-state index in [-0.39, 0.29) is 5.91 Å². The summed E-state index contributed by atoms with van der Waals surface area (Å²) in [6, 6.07) is 9.64. The molecule has 10 nitrogen and oxygen atoms in total. The molecule has 37 heavy (non-hydrogen) atoms. The summed E-state index contributed by atoms with van der Waals surface area (Å²) >= 11 is 0. The molecule has 0 aliphatic carbocycles. The second-order valence-electron chi connectivity index (χ2n) is 8.44. The monoisotopic (exact) mass is 512 g/mol. The second-order valence-corrected chi connectivity index (χ2v) is 8.44. The van der Waals surface area contributed by atoms with Gasteiger partial charge in [-0.1, -0.05) is 12.1 Å². The van der Waals surface area contributed by atoms with Crippen LogP contribution in [0.15, 0.2) is 66.8 Å². The number of fused-ring (bicyclic) bond motifs is 1. The standard InChI is InChI=1S/C24H23F3N8O2/c25-24(26,27)14-30-23(37)31-17-3-1-2-16(10-17)19-12-29-21-11-15(6-8-35(19)21)18-4-5-20(33-32-18)34-9-7-28-22(36)13-34/h1-6,8,10-12,32-33H,7,9,13-14H2,(H,28,36)(H2,30,31,37). The molecule has 0 atom stereocenters. The first-order chi connectivity index (χ1) is 17.7. The van der Waals surface area contributed by atoms with E-state index in [1.807, 2.05) is 45.8 Å². The Morgan fingerprint density at radius 2 is 1.97 bits per heavy atom. The molecule has 2 aromatic heterocycles. The average Bonchev–Trinajstić information content (AvgIpc) is 3.31. The van der Waals surface area contributed by atoms with Gasteiger partial charge >= 0.3 is 12.2 Å². The molecule has 1 fully saturated rings. The molecule has 4 heterocycles. The van der Waals surface area contributed by atoms with E-state index in [4.69, 9.17) is 0 Å². The summed E-state index contributed by atoms with van der Waals surface area (Å²) in [5.41, 5.74) is 10.5. The smallest absolute Gasteiger partial charge is 0.353 e. The Labute approximate surface area is 209 Å².